The maximum absolute atomic E-state index is 5.46. The normalized spacial score (nSPS) is 11.3. The Hall–Kier alpha value is -2.00. The molecule has 0 bridgehead atoms. The topological polar surface area (TPSA) is 27.7 Å². The van der Waals surface area contributed by atoms with Gasteiger partial charge in [-0.2, -0.15) is 0 Å². The van der Waals surface area contributed by atoms with E-state index < -0.39 is 0 Å². The lowest BCUT2D eigenvalue weighted by molar-refractivity contribution is 0.0511. The van der Waals surface area contributed by atoms with Crippen LogP contribution in [0.15, 0.2) is 42.5 Å². The number of benzene rings is 2. The lowest BCUT2D eigenvalue weighted by atomic mass is 9.77. The number of aryl methyl sites for hydroxylation is 1. The van der Waals surface area contributed by atoms with E-state index >= 15 is 0 Å². The molecule has 3 heteroatoms. The summed E-state index contributed by atoms with van der Waals surface area (Å²) in [5, 5.41) is 0. The first kappa shape index (κ1) is 17.4. The molecule has 0 saturated heterocycles. The SMILES string of the molecule is CCc1cc(C(C)(C)c2ccc(OCOC)cc2)ccc1OC. The van der Waals surface area contributed by atoms with Crippen molar-refractivity contribution in [3.05, 3.63) is 59.2 Å². The van der Waals surface area contributed by atoms with Crippen LogP contribution in [-0.2, 0) is 16.6 Å². The number of rotatable bonds is 7. The van der Waals surface area contributed by atoms with E-state index in [1.54, 1.807) is 14.2 Å². The summed E-state index contributed by atoms with van der Waals surface area (Å²) < 4.78 is 15.8. The van der Waals surface area contributed by atoms with Gasteiger partial charge in [-0.05, 0) is 41.3 Å². The molecule has 23 heavy (non-hydrogen) atoms. The standard InChI is InChI=1S/C20H26O3/c1-6-15-13-17(9-12-19(15)22-5)20(2,3)16-7-10-18(11-8-16)23-14-21-4/h7-13H,6,14H2,1-5H3. The summed E-state index contributed by atoms with van der Waals surface area (Å²) in [4.78, 5) is 0. The zero-order valence-electron chi connectivity index (χ0n) is 14.7. The molecule has 0 amide bonds. The Kier molecular flexibility index (Phi) is 5.67. The zero-order valence-corrected chi connectivity index (χ0v) is 14.7. The van der Waals surface area contributed by atoms with Crippen LogP contribution in [0.2, 0.25) is 0 Å². The Labute approximate surface area is 139 Å². The second-order valence-corrected chi connectivity index (χ2v) is 6.08. The fourth-order valence-electron chi connectivity index (χ4n) is 2.71. The molecule has 2 aromatic rings. The summed E-state index contributed by atoms with van der Waals surface area (Å²) in [5.41, 5.74) is 3.67. The third-order valence-corrected chi connectivity index (χ3v) is 4.30. The molecule has 3 nitrogen and oxygen atoms in total. The van der Waals surface area contributed by atoms with Crippen LogP contribution >= 0.6 is 0 Å². The Morgan fingerprint density at radius 1 is 0.913 bits per heavy atom. The lowest BCUT2D eigenvalue weighted by Gasteiger charge is -2.27. The summed E-state index contributed by atoms with van der Waals surface area (Å²) in [6.45, 7) is 6.89. The molecule has 0 aliphatic rings. The molecule has 0 aliphatic carbocycles. The van der Waals surface area contributed by atoms with Gasteiger partial charge in [-0.25, -0.2) is 0 Å². The Morgan fingerprint density at radius 3 is 2.13 bits per heavy atom. The highest BCUT2D eigenvalue weighted by molar-refractivity contribution is 5.45. The lowest BCUT2D eigenvalue weighted by Crippen LogP contribution is -2.19. The second kappa shape index (κ2) is 7.51. The summed E-state index contributed by atoms with van der Waals surface area (Å²) in [6, 6.07) is 14.6. The van der Waals surface area contributed by atoms with Crippen LogP contribution in [0.3, 0.4) is 0 Å². The molecule has 124 valence electrons. The highest BCUT2D eigenvalue weighted by atomic mass is 16.7. The number of ether oxygens (including phenoxy) is 3. The molecule has 0 heterocycles. The average molecular weight is 314 g/mol. The van der Waals surface area contributed by atoms with Gasteiger partial charge in [0.15, 0.2) is 6.79 Å². The highest BCUT2D eigenvalue weighted by Gasteiger charge is 2.24. The van der Waals surface area contributed by atoms with Gasteiger partial charge >= 0.3 is 0 Å². The quantitative estimate of drug-likeness (QED) is 0.701. The van der Waals surface area contributed by atoms with Gasteiger partial charge in [0.2, 0.25) is 0 Å². The van der Waals surface area contributed by atoms with Crippen LogP contribution in [0.25, 0.3) is 0 Å². The minimum atomic E-state index is -0.0873. The van der Waals surface area contributed by atoms with Crippen molar-refractivity contribution >= 4 is 0 Å². The molecule has 0 N–H and O–H groups in total. The van der Waals surface area contributed by atoms with Crippen molar-refractivity contribution in [1.29, 1.82) is 0 Å². The smallest absolute Gasteiger partial charge is 0.188 e. The molecule has 2 rings (SSSR count). The monoisotopic (exact) mass is 314 g/mol. The van der Waals surface area contributed by atoms with E-state index in [4.69, 9.17) is 14.2 Å². The first-order valence-electron chi connectivity index (χ1n) is 7.92. The van der Waals surface area contributed by atoms with Gasteiger partial charge < -0.3 is 14.2 Å². The average Bonchev–Trinajstić information content (AvgIpc) is 2.59. The minimum absolute atomic E-state index is 0.0873. The Bertz CT molecular complexity index is 630. The second-order valence-electron chi connectivity index (χ2n) is 6.08. The molecule has 0 saturated carbocycles. The van der Waals surface area contributed by atoms with Crippen LogP contribution in [0.5, 0.6) is 11.5 Å². The van der Waals surface area contributed by atoms with E-state index in [0.29, 0.717) is 0 Å². The summed E-state index contributed by atoms with van der Waals surface area (Å²) in [6.07, 6.45) is 0.955. The summed E-state index contributed by atoms with van der Waals surface area (Å²) >= 11 is 0. The number of hydrogen-bond acceptors (Lipinski definition) is 3. The van der Waals surface area contributed by atoms with Gasteiger partial charge in [0, 0.05) is 12.5 Å². The molecule has 0 aromatic heterocycles. The van der Waals surface area contributed by atoms with Gasteiger partial charge in [0.05, 0.1) is 7.11 Å². The first-order chi connectivity index (χ1) is 11.0. The largest absolute Gasteiger partial charge is 0.496 e. The van der Waals surface area contributed by atoms with E-state index in [0.717, 1.165) is 17.9 Å². The number of hydrogen-bond donors (Lipinski definition) is 0. The van der Waals surface area contributed by atoms with Crippen molar-refractivity contribution in [2.75, 3.05) is 21.0 Å². The predicted octanol–water partition coefficient (Wildman–Crippen LogP) is 4.57. The van der Waals surface area contributed by atoms with Crippen molar-refractivity contribution in [2.24, 2.45) is 0 Å². The number of methoxy groups -OCH3 is 2. The predicted molar refractivity (Wildman–Crippen MR) is 93.4 cm³/mol. The molecule has 0 unspecified atom stereocenters. The third kappa shape index (κ3) is 3.85. The van der Waals surface area contributed by atoms with Gasteiger partial charge in [0.25, 0.3) is 0 Å². The first-order valence-corrected chi connectivity index (χ1v) is 7.92. The van der Waals surface area contributed by atoms with Crippen LogP contribution in [0.1, 0.15) is 37.5 Å². The molecule has 0 spiro atoms. The maximum atomic E-state index is 5.46. The van der Waals surface area contributed by atoms with Crippen molar-refractivity contribution in [3.8, 4) is 11.5 Å². The fourth-order valence-corrected chi connectivity index (χ4v) is 2.71. The van der Waals surface area contributed by atoms with Crippen molar-refractivity contribution < 1.29 is 14.2 Å². The molecule has 2 aromatic carbocycles. The van der Waals surface area contributed by atoms with Gasteiger partial charge in [0.1, 0.15) is 11.5 Å². The van der Waals surface area contributed by atoms with Crippen LogP contribution in [0, 0.1) is 0 Å². The third-order valence-electron chi connectivity index (χ3n) is 4.30. The van der Waals surface area contributed by atoms with Gasteiger partial charge in [-0.15, -0.1) is 0 Å². The van der Waals surface area contributed by atoms with Crippen molar-refractivity contribution in [3.63, 3.8) is 0 Å². The van der Waals surface area contributed by atoms with E-state index in [2.05, 4.69) is 51.1 Å². The minimum Gasteiger partial charge on any atom is -0.496 e. The van der Waals surface area contributed by atoms with E-state index in [1.807, 2.05) is 12.1 Å². The van der Waals surface area contributed by atoms with Crippen LogP contribution in [-0.4, -0.2) is 21.0 Å². The molecular weight excluding hydrogens is 288 g/mol. The molecule has 0 fully saturated rings. The fraction of sp³-hybridized carbons (Fsp3) is 0.400. The van der Waals surface area contributed by atoms with Crippen LogP contribution < -0.4 is 9.47 Å². The summed E-state index contributed by atoms with van der Waals surface area (Å²) in [7, 11) is 3.34. The van der Waals surface area contributed by atoms with Crippen molar-refractivity contribution in [1.82, 2.24) is 0 Å². The van der Waals surface area contributed by atoms with Crippen molar-refractivity contribution in [2.45, 2.75) is 32.6 Å². The van der Waals surface area contributed by atoms with E-state index in [1.165, 1.54) is 16.7 Å². The van der Waals surface area contributed by atoms with E-state index in [-0.39, 0.29) is 12.2 Å². The zero-order chi connectivity index (χ0) is 16.9. The Morgan fingerprint density at radius 2 is 1.57 bits per heavy atom. The Balaban J connectivity index is 2.30. The maximum Gasteiger partial charge on any atom is 0.188 e. The molecule has 0 radical (unpaired) electrons. The molecule has 0 atom stereocenters. The van der Waals surface area contributed by atoms with Gasteiger partial charge in [-0.3, -0.25) is 0 Å². The molecule has 0 aliphatic heterocycles. The highest BCUT2D eigenvalue weighted by Crippen LogP contribution is 2.35. The van der Waals surface area contributed by atoms with E-state index in [9.17, 15) is 0 Å². The molecular formula is C20H26O3. The van der Waals surface area contributed by atoms with Gasteiger partial charge in [-0.1, -0.05) is 45.0 Å². The summed E-state index contributed by atoms with van der Waals surface area (Å²) in [5.74, 6) is 1.77. The van der Waals surface area contributed by atoms with Crippen LogP contribution in [0.4, 0.5) is 0 Å².